The average Bonchev–Trinajstić information content (AvgIpc) is 2.55. The van der Waals surface area contributed by atoms with Gasteiger partial charge in [-0.2, -0.15) is 0 Å². The summed E-state index contributed by atoms with van der Waals surface area (Å²) in [5.41, 5.74) is 6.00. The number of hydrogen-bond acceptors (Lipinski definition) is 3. The van der Waals surface area contributed by atoms with Gasteiger partial charge in [0.1, 0.15) is 5.82 Å². The second-order valence-electron chi connectivity index (χ2n) is 4.74. The minimum absolute atomic E-state index is 0.117. The Morgan fingerprint density at radius 3 is 2.75 bits per heavy atom. The Labute approximate surface area is 151 Å². The van der Waals surface area contributed by atoms with E-state index in [1.165, 1.54) is 30.0 Å². The van der Waals surface area contributed by atoms with Crippen LogP contribution in [0, 0.1) is 5.82 Å². The summed E-state index contributed by atoms with van der Waals surface area (Å²) >= 11 is 4.49. The van der Waals surface area contributed by atoms with E-state index in [2.05, 4.69) is 21.2 Å². The number of primary amides is 1. The van der Waals surface area contributed by atoms with Crippen molar-refractivity contribution < 1.29 is 14.0 Å². The summed E-state index contributed by atoms with van der Waals surface area (Å²) in [4.78, 5) is 23.7. The van der Waals surface area contributed by atoms with Crippen molar-refractivity contribution in [3.8, 4) is 0 Å². The number of carbonyl (C=O) groups is 2. The van der Waals surface area contributed by atoms with Crippen molar-refractivity contribution in [2.24, 2.45) is 5.73 Å². The number of carbonyl (C=O) groups excluding carboxylic acids is 2. The maximum absolute atomic E-state index is 13.6. The summed E-state index contributed by atoms with van der Waals surface area (Å²) in [6.45, 7) is 0. The molecular weight excluding hydrogens is 395 g/mol. The van der Waals surface area contributed by atoms with Crippen LogP contribution in [0.3, 0.4) is 0 Å². The lowest BCUT2D eigenvalue weighted by atomic mass is 10.2. The zero-order chi connectivity index (χ0) is 17.5. The van der Waals surface area contributed by atoms with Crippen LogP contribution in [0.25, 0.3) is 6.08 Å². The number of amides is 2. The zero-order valence-electron chi connectivity index (χ0n) is 12.5. The zero-order valence-corrected chi connectivity index (χ0v) is 14.9. The van der Waals surface area contributed by atoms with Crippen LogP contribution in [-0.4, -0.2) is 17.6 Å². The van der Waals surface area contributed by atoms with Crippen LogP contribution >= 0.6 is 27.7 Å². The Morgan fingerprint density at radius 2 is 2.00 bits per heavy atom. The Bertz CT molecular complexity index is 796. The van der Waals surface area contributed by atoms with Crippen LogP contribution in [-0.2, 0) is 9.59 Å². The van der Waals surface area contributed by atoms with Gasteiger partial charge in [-0.05, 0) is 36.4 Å². The van der Waals surface area contributed by atoms with E-state index in [4.69, 9.17) is 5.73 Å². The number of thioether (sulfide) groups is 1. The first-order valence-electron chi connectivity index (χ1n) is 6.90. The predicted octanol–water partition coefficient (Wildman–Crippen LogP) is 3.82. The lowest BCUT2D eigenvalue weighted by Gasteiger charge is -2.08. The molecule has 0 atom stereocenters. The lowest BCUT2D eigenvalue weighted by Crippen LogP contribution is -2.13. The quantitative estimate of drug-likeness (QED) is 0.563. The molecule has 0 aromatic heterocycles. The maximum Gasteiger partial charge on any atom is 0.248 e. The van der Waals surface area contributed by atoms with E-state index in [9.17, 15) is 14.0 Å². The first kappa shape index (κ1) is 18.2. The third-order valence-corrected chi connectivity index (χ3v) is 4.48. The molecule has 7 heteroatoms. The number of halogens is 2. The summed E-state index contributed by atoms with van der Waals surface area (Å²) in [5.74, 6) is -1.14. The van der Waals surface area contributed by atoms with Gasteiger partial charge in [0.05, 0.1) is 11.4 Å². The molecular formula is C17H14BrFN2O2S. The van der Waals surface area contributed by atoms with E-state index in [0.717, 1.165) is 9.37 Å². The number of benzene rings is 2. The highest BCUT2D eigenvalue weighted by Crippen LogP contribution is 2.26. The summed E-state index contributed by atoms with van der Waals surface area (Å²) in [6.07, 6.45) is 2.65. The van der Waals surface area contributed by atoms with Gasteiger partial charge >= 0.3 is 0 Å². The Morgan fingerprint density at radius 1 is 1.25 bits per heavy atom. The Kier molecular flexibility index (Phi) is 6.57. The van der Waals surface area contributed by atoms with Crippen LogP contribution in [0.5, 0.6) is 0 Å². The number of para-hydroxylation sites is 1. The number of rotatable bonds is 6. The summed E-state index contributed by atoms with van der Waals surface area (Å²) in [5, 5.41) is 2.71. The molecule has 0 saturated heterocycles. The van der Waals surface area contributed by atoms with Crippen LogP contribution in [0.2, 0.25) is 0 Å². The van der Waals surface area contributed by atoms with Crippen LogP contribution in [0.4, 0.5) is 10.1 Å². The first-order valence-corrected chi connectivity index (χ1v) is 8.68. The van der Waals surface area contributed by atoms with E-state index in [-0.39, 0.29) is 5.75 Å². The van der Waals surface area contributed by atoms with E-state index >= 15 is 0 Å². The summed E-state index contributed by atoms with van der Waals surface area (Å²) < 4.78 is 14.4. The second-order valence-corrected chi connectivity index (χ2v) is 6.67. The van der Waals surface area contributed by atoms with Gasteiger partial charge in [-0.3, -0.25) is 9.59 Å². The molecule has 24 heavy (non-hydrogen) atoms. The first-order chi connectivity index (χ1) is 11.5. The van der Waals surface area contributed by atoms with Gasteiger partial charge in [0, 0.05) is 21.0 Å². The van der Waals surface area contributed by atoms with Crippen LogP contribution in [0.1, 0.15) is 5.56 Å². The maximum atomic E-state index is 13.6. The van der Waals surface area contributed by atoms with Gasteiger partial charge in [-0.25, -0.2) is 4.39 Å². The molecule has 2 aromatic rings. The molecule has 124 valence electrons. The number of anilines is 1. The fourth-order valence-corrected chi connectivity index (χ4v) is 2.95. The molecule has 0 saturated carbocycles. The third-order valence-electron chi connectivity index (χ3n) is 2.89. The normalized spacial score (nSPS) is 10.8. The fourth-order valence-electron chi connectivity index (χ4n) is 1.83. The van der Waals surface area contributed by atoms with Gasteiger partial charge in [-0.1, -0.05) is 28.1 Å². The van der Waals surface area contributed by atoms with Crippen LogP contribution in [0.15, 0.2) is 57.9 Å². The molecule has 2 amide bonds. The van der Waals surface area contributed by atoms with Crippen molar-refractivity contribution in [2.45, 2.75) is 4.90 Å². The van der Waals surface area contributed by atoms with E-state index in [0.29, 0.717) is 11.3 Å². The average molecular weight is 409 g/mol. The highest BCUT2D eigenvalue weighted by atomic mass is 79.9. The van der Waals surface area contributed by atoms with Crippen molar-refractivity contribution in [1.82, 2.24) is 0 Å². The molecule has 0 radical (unpaired) electrons. The molecule has 0 aliphatic carbocycles. The molecule has 0 fully saturated rings. The van der Waals surface area contributed by atoms with Gasteiger partial charge in [0.25, 0.3) is 0 Å². The second kappa shape index (κ2) is 8.65. The number of nitrogens with one attached hydrogen (secondary N) is 1. The summed E-state index contributed by atoms with van der Waals surface area (Å²) in [7, 11) is 0. The van der Waals surface area contributed by atoms with Crippen molar-refractivity contribution in [3.63, 3.8) is 0 Å². The van der Waals surface area contributed by atoms with Crippen LogP contribution < -0.4 is 11.1 Å². The predicted molar refractivity (Wildman–Crippen MR) is 98.1 cm³/mol. The molecule has 0 aliphatic heterocycles. The molecule has 0 aliphatic rings. The monoisotopic (exact) mass is 408 g/mol. The minimum Gasteiger partial charge on any atom is -0.369 e. The largest absolute Gasteiger partial charge is 0.369 e. The molecule has 4 nitrogen and oxygen atoms in total. The standard InChI is InChI=1S/C17H14BrFN2O2S/c18-12-6-7-13(19)11(9-12)5-8-17(23)21-14-3-1-2-4-15(14)24-10-16(20)22/h1-9H,10H2,(H2,20,22)(H,21,23). The van der Waals surface area contributed by atoms with E-state index in [1.807, 2.05) is 0 Å². The van der Waals surface area contributed by atoms with E-state index < -0.39 is 17.6 Å². The third kappa shape index (κ3) is 5.50. The van der Waals surface area contributed by atoms with Gasteiger partial charge < -0.3 is 11.1 Å². The van der Waals surface area contributed by atoms with Crippen molar-refractivity contribution in [3.05, 3.63) is 64.4 Å². The SMILES string of the molecule is NC(=O)CSc1ccccc1NC(=O)C=Cc1cc(Br)ccc1F. The lowest BCUT2D eigenvalue weighted by molar-refractivity contribution is -0.115. The van der Waals surface area contributed by atoms with E-state index in [1.54, 1.807) is 36.4 Å². The van der Waals surface area contributed by atoms with Gasteiger partial charge in [0.2, 0.25) is 11.8 Å². The highest BCUT2D eigenvalue weighted by molar-refractivity contribution is 9.10. The fraction of sp³-hybridized carbons (Fsp3) is 0.0588. The van der Waals surface area contributed by atoms with Crippen molar-refractivity contribution in [2.75, 3.05) is 11.1 Å². The van der Waals surface area contributed by atoms with Gasteiger partial charge in [0.15, 0.2) is 0 Å². The molecule has 0 bridgehead atoms. The number of hydrogen-bond donors (Lipinski definition) is 2. The molecule has 0 unspecified atom stereocenters. The molecule has 2 aromatic carbocycles. The van der Waals surface area contributed by atoms with Crippen molar-refractivity contribution >= 4 is 51.3 Å². The molecule has 2 rings (SSSR count). The Hall–Kier alpha value is -2.12. The molecule has 0 heterocycles. The topological polar surface area (TPSA) is 72.2 Å². The number of nitrogens with two attached hydrogens (primary N) is 1. The molecule has 3 N–H and O–H groups in total. The molecule has 0 spiro atoms. The summed E-state index contributed by atoms with van der Waals surface area (Å²) in [6, 6.07) is 11.5. The Balaban J connectivity index is 2.08. The smallest absolute Gasteiger partial charge is 0.248 e. The van der Waals surface area contributed by atoms with Crippen molar-refractivity contribution in [1.29, 1.82) is 0 Å². The highest BCUT2D eigenvalue weighted by Gasteiger charge is 2.07. The minimum atomic E-state index is -0.439. The van der Waals surface area contributed by atoms with Gasteiger partial charge in [-0.15, -0.1) is 11.8 Å².